The maximum atomic E-state index is 11.7. The van der Waals surface area contributed by atoms with E-state index in [0.717, 1.165) is 27.8 Å². The van der Waals surface area contributed by atoms with Crippen LogP contribution >= 0.6 is 0 Å². The summed E-state index contributed by atoms with van der Waals surface area (Å²) in [7, 11) is 0. The Balaban J connectivity index is 1.88. The van der Waals surface area contributed by atoms with Gasteiger partial charge in [-0.1, -0.05) is 50.1 Å². The predicted octanol–water partition coefficient (Wildman–Crippen LogP) is 6.63. The molecule has 4 heteroatoms. The van der Waals surface area contributed by atoms with Gasteiger partial charge in [-0.2, -0.15) is 0 Å². The molecule has 0 unspecified atom stereocenters. The third kappa shape index (κ3) is 5.49. The van der Waals surface area contributed by atoms with Gasteiger partial charge in [-0.3, -0.25) is 0 Å². The highest BCUT2D eigenvalue weighted by molar-refractivity contribution is 5.89. The number of hydrogen-bond donors (Lipinski definition) is 0. The molecule has 0 heterocycles. The van der Waals surface area contributed by atoms with Gasteiger partial charge in [0.05, 0.1) is 0 Å². The molecular formula is C28H24O4. The second-order valence-corrected chi connectivity index (χ2v) is 7.44. The van der Waals surface area contributed by atoms with Crippen molar-refractivity contribution < 1.29 is 19.1 Å². The molecule has 0 amide bonds. The summed E-state index contributed by atoms with van der Waals surface area (Å²) in [5.74, 6) is 0.0145. The minimum absolute atomic E-state index is 0.345. The zero-order valence-electron chi connectivity index (χ0n) is 18.2. The molecule has 0 atom stereocenters. The second-order valence-electron chi connectivity index (χ2n) is 7.44. The Bertz CT molecular complexity index is 1110. The Morgan fingerprint density at radius 3 is 1.34 bits per heavy atom. The van der Waals surface area contributed by atoms with Crippen molar-refractivity contribution in [1.82, 2.24) is 0 Å². The van der Waals surface area contributed by atoms with Crippen LogP contribution in [0.3, 0.4) is 0 Å². The summed E-state index contributed by atoms with van der Waals surface area (Å²) in [6.07, 6.45) is 1.79. The molecule has 3 aromatic carbocycles. The first-order valence-corrected chi connectivity index (χ1v) is 10.0. The average molecular weight is 424 g/mol. The molecule has 0 N–H and O–H groups in total. The van der Waals surface area contributed by atoms with E-state index in [9.17, 15) is 9.59 Å². The van der Waals surface area contributed by atoms with E-state index in [1.807, 2.05) is 36.4 Å². The molecule has 0 aliphatic heterocycles. The molecule has 0 fully saturated rings. The van der Waals surface area contributed by atoms with Gasteiger partial charge in [0.2, 0.25) is 0 Å². The summed E-state index contributed by atoms with van der Waals surface area (Å²) >= 11 is 0. The van der Waals surface area contributed by atoms with E-state index in [-0.39, 0.29) is 0 Å². The molecule has 0 saturated carbocycles. The van der Waals surface area contributed by atoms with E-state index in [1.54, 1.807) is 44.2 Å². The lowest BCUT2D eigenvalue weighted by Crippen LogP contribution is -2.07. The monoisotopic (exact) mass is 424 g/mol. The summed E-state index contributed by atoms with van der Waals surface area (Å²) in [6, 6.07) is 20.7. The first-order chi connectivity index (χ1) is 15.3. The maximum absolute atomic E-state index is 11.7. The first kappa shape index (κ1) is 22.5. The molecule has 160 valence electrons. The molecule has 0 aromatic heterocycles. The van der Waals surface area contributed by atoms with Gasteiger partial charge in [0.1, 0.15) is 11.5 Å². The van der Waals surface area contributed by atoms with Gasteiger partial charge in [0, 0.05) is 11.1 Å². The number of rotatable bonds is 7. The van der Waals surface area contributed by atoms with Crippen molar-refractivity contribution in [2.45, 2.75) is 13.8 Å². The Kier molecular flexibility index (Phi) is 6.86. The molecule has 32 heavy (non-hydrogen) atoms. The SMILES string of the molecule is C=Cc1cc(-c2ccc(OC(=O)C(=C)C)cc2)cc(-c2ccc(OC(=O)C(=C)C)cc2)c1. The Labute approximate surface area is 188 Å². The number of benzene rings is 3. The average Bonchev–Trinajstić information content (AvgIpc) is 2.79. The van der Waals surface area contributed by atoms with Crippen LogP contribution in [-0.4, -0.2) is 11.9 Å². The van der Waals surface area contributed by atoms with Crippen LogP contribution in [0.2, 0.25) is 0 Å². The molecule has 0 aliphatic carbocycles. The molecule has 0 spiro atoms. The fourth-order valence-electron chi connectivity index (χ4n) is 2.92. The van der Waals surface area contributed by atoms with Gasteiger partial charge >= 0.3 is 11.9 Å². The van der Waals surface area contributed by atoms with E-state index in [0.29, 0.717) is 22.6 Å². The van der Waals surface area contributed by atoms with Gasteiger partial charge in [-0.25, -0.2) is 9.59 Å². The van der Waals surface area contributed by atoms with Crippen LogP contribution in [0.15, 0.2) is 97.6 Å². The number of esters is 2. The quantitative estimate of drug-likeness (QED) is 0.243. The summed E-state index contributed by atoms with van der Waals surface area (Å²) in [6.45, 7) is 14.3. The number of carbonyl (C=O) groups excluding carboxylic acids is 2. The van der Waals surface area contributed by atoms with Gasteiger partial charge in [0.15, 0.2) is 0 Å². The summed E-state index contributed by atoms with van der Waals surface area (Å²) in [4.78, 5) is 23.4. The Hall–Kier alpha value is -4.18. The van der Waals surface area contributed by atoms with Crippen molar-refractivity contribution in [2.75, 3.05) is 0 Å². The van der Waals surface area contributed by atoms with Crippen LogP contribution < -0.4 is 9.47 Å². The molecule has 0 bridgehead atoms. The third-order valence-electron chi connectivity index (χ3n) is 4.68. The second kappa shape index (κ2) is 9.75. The van der Waals surface area contributed by atoms with Crippen LogP contribution in [-0.2, 0) is 9.59 Å². The van der Waals surface area contributed by atoms with Crippen molar-refractivity contribution in [3.63, 3.8) is 0 Å². The van der Waals surface area contributed by atoms with Gasteiger partial charge in [0.25, 0.3) is 0 Å². The van der Waals surface area contributed by atoms with Crippen molar-refractivity contribution in [2.24, 2.45) is 0 Å². The highest BCUT2D eigenvalue weighted by Crippen LogP contribution is 2.31. The minimum Gasteiger partial charge on any atom is -0.423 e. The molecule has 0 saturated heterocycles. The van der Waals surface area contributed by atoms with Crippen LogP contribution in [0.4, 0.5) is 0 Å². The summed E-state index contributed by atoms with van der Waals surface area (Å²) < 4.78 is 10.5. The van der Waals surface area contributed by atoms with Crippen molar-refractivity contribution in [1.29, 1.82) is 0 Å². The van der Waals surface area contributed by atoms with E-state index < -0.39 is 11.9 Å². The van der Waals surface area contributed by atoms with Crippen LogP contribution in [0.1, 0.15) is 19.4 Å². The fourth-order valence-corrected chi connectivity index (χ4v) is 2.92. The Morgan fingerprint density at radius 2 is 1.03 bits per heavy atom. The van der Waals surface area contributed by atoms with Crippen molar-refractivity contribution in [3.05, 3.63) is 103 Å². The third-order valence-corrected chi connectivity index (χ3v) is 4.68. The molecular weight excluding hydrogens is 400 g/mol. The Morgan fingerprint density at radius 1 is 0.656 bits per heavy atom. The molecule has 0 aliphatic rings. The van der Waals surface area contributed by atoms with Crippen molar-refractivity contribution in [3.8, 4) is 33.8 Å². The largest absolute Gasteiger partial charge is 0.423 e. The standard InChI is InChI=1S/C28H24O4/c1-6-20-15-23(21-7-11-25(12-8-21)31-27(29)18(2)3)17-24(16-20)22-9-13-26(14-10-22)32-28(30)19(4)5/h6-17H,1-2,4H2,3,5H3. The van der Waals surface area contributed by atoms with Gasteiger partial charge in [-0.05, 0) is 84.1 Å². The highest BCUT2D eigenvalue weighted by atomic mass is 16.5. The summed E-state index contributed by atoms with van der Waals surface area (Å²) in [5.41, 5.74) is 5.58. The van der Waals surface area contributed by atoms with E-state index in [1.165, 1.54) is 0 Å². The van der Waals surface area contributed by atoms with E-state index in [2.05, 4.69) is 25.8 Å². The molecule has 4 nitrogen and oxygen atoms in total. The minimum atomic E-state index is -0.453. The summed E-state index contributed by atoms with van der Waals surface area (Å²) in [5, 5.41) is 0. The first-order valence-electron chi connectivity index (χ1n) is 10.0. The normalized spacial score (nSPS) is 10.2. The van der Waals surface area contributed by atoms with Gasteiger partial charge in [-0.15, -0.1) is 0 Å². The lowest BCUT2D eigenvalue weighted by Gasteiger charge is -2.11. The zero-order valence-corrected chi connectivity index (χ0v) is 18.2. The van der Waals surface area contributed by atoms with Crippen LogP contribution in [0.25, 0.3) is 28.3 Å². The number of carbonyl (C=O) groups is 2. The smallest absolute Gasteiger partial charge is 0.338 e. The van der Waals surface area contributed by atoms with Crippen LogP contribution in [0.5, 0.6) is 11.5 Å². The maximum Gasteiger partial charge on any atom is 0.338 e. The van der Waals surface area contributed by atoms with Gasteiger partial charge < -0.3 is 9.47 Å². The zero-order chi connectivity index (χ0) is 23.3. The number of ether oxygens (including phenoxy) is 2. The predicted molar refractivity (Wildman–Crippen MR) is 128 cm³/mol. The molecule has 0 radical (unpaired) electrons. The highest BCUT2D eigenvalue weighted by Gasteiger charge is 2.09. The molecule has 3 rings (SSSR count). The van der Waals surface area contributed by atoms with Crippen LogP contribution in [0, 0.1) is 0 Å². The van der Waals surface area contributed by atoms with E-state index in [4.69, 9.17) is 9.47 Å². The fraction of sp³-hybridized carbons (Fsp3) is 0.0714. The van der Waals surface area contributed by atoms with Crippen molar-refractivity contribution >= 4 is 18.0 Å². The van der Waals surface area contributed by atoms with E-state index >= 15 is 0 Å². The number of hydrogen-bond acceptors (Lipinski definition) is 4. The lowest BCUT2D eigenvalue weighted by atomic mass is 9.96. The molecule has 3 aromatic rings. The lowest BCUT2D eigenvalue weighted by molar-refractivity contribution is -0.130. The topological polar surface area (TPSA) is 52.6 Å².